The first-order valence-electron chi connectivity index (χ1n) is 3.68. The van der Waals surface area contributed by atoms with Crippen LogP contribution in [-0.4, -0.2) is 14.5 Å². The summed E-state index contributed by atoms with van der Waals surface area (Å²) in [6.07, 6.45) is -1.30. The second-order valence-corrected chi connectivity index (χ2v) is 5.59. The number of carbonyl (C=O) groups is 1. The maximum Gasteiger partial charge on any atom is 0.427 e. The molecule has 1 rings (SSSR count). The third-order valence-corrected chi connectivity index (χ3v) is 2.56. The molecule has 1 amide bonds. The first-order chi connectivity index (χ1) is 7.29. The molecule has 0 saturated heterocycles. The van der Waals surface area contributed by atoms with Crippen LogP contribution in [-0.2, 0) is 9.24 Å². The number of amides is 1. The Hall–Kier alpha value is -0.690. The zero-order valence-corrected chi connectivity index (χ0v) is 10.5. The van der Waals surface area contributed by atoms with Crippen LogP contribution in [0.15, 0.2) is 18.2 Å². The van der Waals surface area contributed by atoms with E-state index in [0.717, 1.165) is 0 Å². The monoisotopic (exact) mass is 303 g/mol. The van der Waals surface area contributed by atoms with Crippen LogP contribution in [0, 0.1) is 0 Å². The first-order valence-corrected chi connectivity index (χ1v) is 6.74. The van der Waals surface area contributed by atoms with Crippen molar-refractivity contribution >= 4 is 49.2 Å². The van der Waals surface area contributed by atoms with Crippen molar-refractivity contribution in [3.63, 3.8) is 0 Å². The lowest BCUT2D eigenvalue weighted by Gasteiger charge is -2.07. The number of benzene rings is 1. The van der Waals surface area contributed by atoms with Gasteiger partial charge in [-0.25, -0.2) is 9.52 Å². The van der Waals surface area contributed by atoms with Crippen LogP contribution >= 0.6 is 33.9 Å². The van der Waals surface area contributed by atoms with Crippen LogP contribution in [0.25, 0.3) is 0 Å². The van der Waals surface area contributed by atoms with Crippen LogP contribution in [0.4, 0.5) is 4.79 Å². The molecule has 0 fully saturated rings. The first kappa shape index (κ1) is 13.4. The quantitative estimate of drug-likeness (QED) is 0.852. The molecule has 0 unspecified atom stereocenters. The Bertz CT molecular complexity index is 496. The Labute approximate surface area is 106 Å². The predicted molar refractivity (Wildman–Crippen MR) is 60.4 cm³/mol. The molecule has 5 nitrogen and oxygen atoms in total. The molecule has 16 heavy (non-hydrogen) atoms. The van der Waals surface area contributed by atoms with E-state index in [1.54, 1.807) is 0 Å². The van der Waals surface area contributed by atoms with Gasteiger partial charge in [0, 0.05) is 10.7 Å². The minimum absolute atomic E-state index is 0.0645. The topological polar surface area (TPSA) is 72.5 Å². The highest BCUT2D eigenvalue weighted by Crippen LogP contribution is 2.32. The Morgan fingerprint density at radius 1 is 1.25 bits per heavy atom. The van der Waals surface area contributed by atoms with E-state index in [-0.39, 0.29) is 15.8 Å². The molecular weight excluding hydrogens is 301 g/mol. The molecule has 9 heteroatoms. The van der Waals surface area contributed by atoms with Gasteiger partial charge in [0.05, 0.1) is 10.0 Å². The Morgan fingerprint density at radius 3 is 2.19 bits per heavy atom. The van der Waals surface area contributed by atoms with Crippen molar-refractivity contribution in [1.82, 2.24) is 4.72 Å². The number of ether oxygens (including phenoxy) is 1. The molecule has 0 atom stereocenters. The molecule has 0 saturated carbocycles. The van der Waals surface area contributed by atoms with Crippen LogP contribution in [0.5, 0.6) is 5.75 Å². The summed E-state index contributed by atoms with van der Waals surface area (Å²) in [6.45, 7) is 0. The van der Waals surface area contributed by atoms with Gasteiger partial charge in [-0.05, 0) is 12.1 Å². The summed E-state index contributed by atoms with van der Waals surface area (Å²) in [5.41, 5.74) is 0. The fraction of sp³-hybridized carbons (Fsp3) is 0. The van der Waals surface area contributed by atoms with Crippen molar-refractivity contribution in [1.29, 1.82) is 0 Å². The lowest BCUT2D eigenvalue weighted by molar-refractivity contribution is 0.207. The van der Waals surface area contributed by atoms with Gasteiger partial charge in [-0.2, -0.15) is 8.42 Å². The van der Waals surface area contributed by atoms with Gasteiger partial charge in [-0.15, -0.1) is 0 Å². The average Bonchev–Trinajstić information content (AvgIpc) is 2.08. The van der Waals surface area contributed by atoms with Crippen LogP contribution in [0.2, 0.25) is 10.0 Å². The highest BCUT2D eigenvalue weighted by atomic mass is 35.7. The van der Waals surface area contributed by atoms with Gasteiger partial charge in [0.15, 0.2) is 5.75 Å². The molecule has 0 aliphatic rings. The maximum absolute atomic E-state index is 11.0. The normalized spacial score (nSPS) is 10.9. The molecule has 0 bridgehead atoms. The van der Waals surface area contributed by atoms with Crippen molar-refractivity contribution in [2.75, 3.05) is 0 Å². The van der Waals surface area contributed by atoms with E-state index in [4.69, 9.17) is 33.9 Å². The summed E-state index contributed by atoms with van der Waals surface area (Å²) in [5.74, 6) is -0.149. The van der Waals surface area contributed by atoms with E-state index in [0.29, 0.717) is 0 Å². The van der Waals surface area contributed by atoms with Gasteiger partial charge in [-0.1, -0.05) is 29.3 Å². The Balaban J connectivity index is 2.86. The summed E-state index contributed by atoms with van der Waals surface area (Å²) >= 11 is 11.3. The molecule has 0 radical (unpaired) electrons. The van der Waals surface area contributed by atoms with Crippen molar-refractivity contribution in [2.24, 2.45) is 0 Å². The van der Waals surface area contributed by atoms with Gasteiger partial charge in [0.2, 0.25) is 0 Å². The highest BCUT2D eigenvalue weighted by Gasteiger charge is 2.16. The maximum atomic E-state index is 11.0. The van der Waals surface area contributed by atoms with E-state index < -0.39 is 15.3 Å². The third-order valence-electron chi connectivity index (χ3n) is 1.32. The fourth-order valence-electron chi connectivity index (χ4n) is 0.793. The molecule has 0 aliphatic carbocycles. The zero-order valence-electron chi connectivity index (χ0n) is 7.41. The third kappa shape index (κ3) is 4.05. The Kier molecular flexibility index (Phi) is 4.26. The molecule has 0 spiro atoms. The lowest BCUT2D eigenvalue weighted by Crippen LogP contribution is -2.29. The summed E-state index contributed by atoms with van der Waals surface area (Å²) in [5, 5.41) is 0.129. The summed E-state index contributed by atoms with van der Waals surface area (Å²) in [4.78, 5) is 11.0. The smallest absolute Gasteiger partial charge is 0.406 e. The van der Waals surface area contributed by atoms with Crippen molar-refractivity contribution in [3.8, 4) is 5.75 Å². The van der Waals surface area contributed by atoms with Crippen molar-refractivity contribution < 1.29 is 17.9 Å². The number of hydrogen-bond donors (Lipinski definition) is 1. The summed E-state index contributed by atoms with van der Waals surface area (Å²) < 4.78 is 26.9. The summed E-state index contributed by atoms with van der Waals surface area (Å²) in [7, 11) is 0.560. The molecular formula is C7H4Cl3NO4S. The number of hydrogen-bond acceptors (Lipinski definition) is 4. The number of para-hydroxylation sites is 1. The van der Waals surface area contributed by atoms with Gasteiger partial charge in [-0.3, -0.25) is 0 Å². The van der Waals surface area contributed by atoms with Gasteiger partial charge >= 0.3 is 15.3 Å². The van der Waals surface area contributed by atoms with E-state index in [9.17, 15) is 13.2 Å². The van der Waals surface area contributed by atoms with E-state index in [1.807, 2.05) is 0 Å². The van der Waals surface area contributed by atoms with Gasteiger partial charge in [0.1, 0.15) is 0 Å². The number of halogens is 3. The van der Waals surface area contributed by atoms with Crippen LogP contribution in [0.3, 0.4) is 0 Å². The molecule has 1 aromatic rings. The average molecular weight is 305 g/mol. The molecule has 1 N–H and O–H groups in total. The number of rotatable bonds is 2. The van der Waals surface area contributed by atoms with Crippen LogP contribution < -0.4 is 9.46 Å². The second-order valence-electron chi connectivity index (χ2n) is 2.48. The standard InChI is InChI=1S/C7H4Cl3NO4S/c8-4-2-1-3-5(9)6(4)15-7(12)11-16(10,13)14/h1-3H,(H,11,12). The van der Waals surface area contributed by atoms with E-state index in [2.05, 4.69) is 4.74 Å². The minimum atomic E-state index is -4.21. The number of nitrogens with one attached hydrogen (secondary N) is 1. The van der Waals surface area contributed by atoms with E-state index in [1.165, 1.54) is 22.9 Å². The Morgan fingerprint density at radius 2 is 1.75 bits per heavy atom. The van der Waals surface area contributed by atoms with Gasteiger partial charge < -0.3 is 4.74 Å². The largest absolute Gasteiger partial charge is 0.427 e. The highest BCUT2D eigenvalue weighted by molar-refractivity contribution is 8.12. The lowest BCUT2D eigenvalue weighted by atomic mass is 10.3. The minimum Gasteiger partial charge on any atom is -0.406 e. The fourth-order valence-corrected chi connectivity index (χ4v) is 1.70. The molecule has 0 aliphatic heterocycles. The van der Waals surface area contributed by atoms with Gasteiger partial charge in [0.25, 0.3) is 0 Å². The molecule has 1 aromatic carbocycles. The number of carbonyl (C=O) groups excluding carboxylic acids is 1. The molecule has 0 aromatic heterocycles. The second kappa shape index (κ2) is 5.09. The molecule has 88 valence electrons. The zero-order chi connectivity index (χ0) is 12.3. The SMILES string of the molecule is O=C(NS(=O)(=O)Cl)Oc1c(Cl)cccc1Cl. The predicted octanol–water partition coefficient (Wildman–Crippen LogP) is 2.57. The van der Waals surface area contributed by atoms with Crippen molar-refractivity contribution in [3.05, 3.63) is 28.2 Å². The molecule has 0 heterocycles. The van der Waals surface area contributed by atoms with E-state index >= 15 is 0 Å². The van der Waals surface area contributed by atoms with Crippen LogP contribution in [0.1, 0.15) is 0 Å². The van der Waals surface area contributed by atoms with Crippen molar-refractivity contribution in [2.45, 2.75) is 0 Å². The summed E-state index contributed by atoms with van der Waals surface area (Å²) in [6, 6.07) is 4.38.